The van der Waals surface area contributed by atoms with E-state index in [-0.39, 0.29) is 22.5 Å². The number of benzene rings is 2. The molecule has 3 aromatic rings. The molecule has 0 atom stereocenters. The number of aromatic nitrogens is 1. The van der Waals surface area contributed by atoms with Crippen LogP contribution in [0.3, 0.4) is 0 Å². The van der Waals surface area contributed by atoms with Crippen molar-refractivity contribution >= 4 is 43.8 Å². The fourth-order valence-corrected chi connectivity index (χ4v) is 6.47. The Bertz CT molecular complexity index is 1310. The standard InChI is InChI=1S/C24H27F2N5O3S2/c1-30(17-6-3-2-4-7-17)14-15-36(33,34)31-12-10-16(11-13-31)28-24-29-23(27)22(35-24)21(32)20-18(25)8-5-9-19(20)26/h2-9,16H,10-15,27H2,1H3,(H,28,29). The fraction of sp³-hybridized carbons (Fsp3) is 0.333. The number of anilines is 3. The van der Waals surface area contributed by atoms with Crippen molar-refractivity contribution < 1.29 is 22.0 Å². The molecule has 0 unspecified atom stereocenters. The number of halogens is 2. The van der Waals surface area contributed by atoms with Crippen LogP contribution in [-0.2, 0) is 10.0 Å². The summed E-state index contributed by atoms with van der Waals surface area (Å²) in [4.78, 5) is 18.7. The van der Waals surface area contributed by atoms with Gasteiger partial charge in [0.2, 0.25) is 15.8 Å². The van der Waals surface area contributed by atoms with E-state index in [1.807, 2.05) is 42.3 Å². The Morgan fingerprint density at radius 3 is 2.42 bits per heavy atom. The average Bonchev–Trinajstić information content (AvgIpc) is 3.23. The average molecular weight is 536 g/mol. The molecule has 0 aliphatic carbocycles. The first kappa shape index (κ1) is 26.0. The lowest BCUT2D eigenvalue weighted by Crippen LogP contribution is -2.44. The maximum Gasteiger partial charge on any atom is 0.215 e. The SMILES string of the molecule is CN(CCS(=O)(=O)N1CCC(Nc2nc(N)c(C(=O)c3c(F)cccc3F)s2)CC1)c1ccccc1. The van der Waals surface area contributed by atoms with E-state index in [0.717, 1.165) is 29.2 Å². The van der Waals surface area contributed by atoms with Gasteiger partial charge in [-0.3, -0.25) is 4.79 Å². The molecule has 1 saturated heterocycles. The first-order valence-electron chi connectivity index (χ1n) is 11.4. The highest BCUT2D eigenvalue weighted by atomic mass is 32.2. The third kappa shape index (κ3) is 5.82. The van der Waals surface area contributed by atoms with Crippen LogP contribution in [-0.4, -0.2) is 62.0 Å². The molecule has 12 heteroatoms. The molecule has 0 amide bonds. The molecular weight excluding hydrogens is 508 g/mol. The smallest absolute Gasteiger partial charge is 0.215 e. The van der Waals surface area contributed by atoms with Crippen molar-refractivity contribution in [2.45, 2.75) is 18.9 Å². The molecule has 8 nitrogen and oxygen atoms in total. The van der Waals surface area contributed by atoms with Crippen LogP contribution in [0.4, 0.5) is 25.4 Å². The molecule has 2 aromatic carbocycles. The van der Waals surface area contributed by atoms with E-state index in [1.54, 1.807) is 0 Å². The van der Waals surface area contributed by atoms with Crippen LogP contribution in [0.15, 0.2) is 48.5 Å². The minimum Gasteiger partial charge on any atom is -0.382 e. The number of rotatable bonds is 9. The first-order valence-corrected chi connectivity index (χ1v) is 13.8. The molecule has 1 aliphatic rings. The number of nitrogen functional groups attached to an aromatic ring is 1. The van der Waals surface area contributed by atoms with Gasteiger partial charge in [-0.1, -0.05) is 35.6 Å². The number of thiazole rings is 1. The topological polar surface area (TPSA) is 109 Å². The van der Waals surface area contributed by atoms with Gasteiger partial charge in [0.1, 0.15) is 22.3 Å². The summed E-state index contributed by atoms with van der Waals surface area (Å²) in [6.07, 6.45) is 1.08. The first-order chi connectivity index (χ1) is 17.2. The van der Waals surface area contributed by atoms with Gasteiger partial charge in [-0.15, -0.1) is 0 Å². The summed E-state index contributed by atoms with van der Waals surface area (Å²) in [5.74, 6) is -2.90. The number of nitrogens with one attached hydrogen (secondary N) is 1. The molecule has 0 spiro atoms. The van der Waals surface area contributed by atoms with Crippen LogP contribution in [0.1, 0.15) is 28.1 Å². The molecule has 3 N–H and O–H groups in total. The molecule has 0 saturated carbocycles. The maximum absolute atomic E-state index is 14.0. The highest BCUT2D eigenvalue weighted by molar-refractivity contribution is 7.89. The molecule has 1 aliphatic heterocycles. The van der Waals surface area contributed by atoms with Gasteiger partial charge in [-0.2, -0.15) is 0 Å². The van der Waals surface area contributed by atoms with E-state index < -0.39 is 33.0 Å². The Morgan fingerprint density at radius 2 is 1.78 bits per heavy atom. The van der Waals surface area contributed by atoms with Gasteiger partial charge in [0.25, 0.3) is 0 Å². The third-order valence-electron chi connectivity index (χ3n) is 6.11. The minimum absolute atomic E-state index is 0.0115. The number of carbonyl (C=O) groups excluding carboxylic acids is 1. The van der Waals surface area contributed by atoms with Crippen LogP contribution in [0.2, 0.25) is 0 Å². The van der Waals surface area contributed by atoms with Gasteiger partial charge < -0.3 is 16.0 Å². The third-order valence-corrected chi connectivity index (χ3v) is 8.96. The summed E-state index contributed by atoms with van der Waals surface area (Å²) in [5, 5.41) is 3.53. The molecule has 192 valence electrons. The Balaban J connectivity index is 1.33. The van der Waals surface area contributed by atoms with Crippen LogP contribution in [0.25, 0.3) is 0 Å². The lowest BCUT2D eigenvalue weighted by molar-refractivity contribution is 0.103. The van der Waals surface area contributed by atoms with Gasteiger partial charge in [-0.05, 0) is 37.1 Å². The number of piperidine rings is 1. The minimum atomic E-state index is -3.42. The molecule has 2 heterocycles. The van der Waals surface area contributed by atoms with E-state index >= 15 is 0 Å². The number of sulfonamides is 1. The molecule has 36 heavy (non-hydrogen) atoms. The summed E-state index contributed by atoms with van der Waals surface area (Å²) in [6.45, 7) is 1.08. The van der Waals surface area contributed by atoms with E-state index in [0.29, 0.717) is 37.6 Å². The predicted molar refractivity (Wildman–Crippen MR) is 138 cm³/mol. The second-order valence-electron chi connectivity index (χ2n) is 8.55. The van der Waals surface area contributed by atoms with Crippen LogP contribution in [0, 0.1) is 11.6 Å². The second-order valence-corrected chi connectivity index (χ2v) is 11.6. The zero-order valence-corrected chi connectivity index (χ0v) is 21.3. The number of hydrogen-bond acceptors (Lipinski definition) is 8. The molecule has 4 rings (SSSR count). The number of hydrogen-bond donors (Lipinski definition) is 2. The number of carbonyl (C=O) groups is 1. The van der Waals surface area contributed by atoms with Crippen molar-refractivity contribution in [3.05, 3.63) is 70.6 Å². The fourth-order valence-electron chi connectivity index (χ4n) is 4.03. The van der Waals surface area contributed by atoms with Gasteiger partial charge in [0.15, 0.2) is 5.13 Å². The molecule has 1 aromatic heterocycles. The van der Waals surface area contributed by atoms with E-state index in [9.17, 15) is 22.0 Å². The summed E-state index contributed by atoms with van der Waals surface area (Å²) < 4.78 is 55.3. The van der Waals surface area contributed by atoms with Crippen molar-refractivity contribution in [3.63, 3.8) is 0 Å². The van der Waals surface area contributed by atoms with Crippen molar-refractivity contribution in [1.29, 1.82) is 0 Å². The van der Waals surface area contributed by atoms with Gasteiger partial charge in [0, 0.05) is 38.4 Å². The van der Waals surface area contributed by atoms with Crippen molar-refractivity contribution in [2.75, 3.05) is 48.4 Å². The Labute approximate surface area is 212 Å². The molecule has 0 radical (unpaired) electrons. The molecule has 0 bridgehead atoms. The Hall–Kier alpha value is -3.09. The quantitative estimate of drug-likeness (QED) is 0.403. The van der Waals surface area contributed by atoms with Gasteiger partial charge >= 0.3 is 0 Å². The Morgan fingerprint density at radius 1 is 1.14 bits per heavy atom. The molecular formula is C24H27F2N5O3S2. The lowest BCUT2D eigenvalue weighted by atomic mass is 10.1. The summed E-state index contributed by atoms with van der Waals surface area (Å²) >= 11 is 0.922. The van der Waals surface area contributed by atoms with E-state index in [2.05, 4.69) is 10.3 Å². The van der Waals surface area contributed by atoms with E-state index in [1.165, 1.54) is 10.4 Å². The number of ketones is 1. The second kappa shape index (κ2) is 10.9. The highest BCUT2D eigenvalue weighted by Crippen LogP contribution is 2.30. The monoisotopic (exact) mass is 535 g/mol. The highest BCUT2D eigenvalue weighted by Gasteiger charge is 2.29. The van der Waals surface area contributed by atoms with Crippen molar-refractivity contribution in [1.82, 2.24) is 9.29 Å². The van der Waals surface area contributed by atoms with Crippen molar-refractivity contribution in [2.24, 2.45) is 0 Å². The summed E-state index contributed by atoms with van der Waals surface area (Å²) in [6, 6.07) is 12.7. The lowest BCUT2D eigenvalue weighted by Gasteiger charge is -2.32. The summed E-state index contributed by atoms with van der Waals surface area (Å²) in [7, 11) is -1.56. The number of nitrogens with two attached hydrogens (primary N) is 1. The predicted octanol–water partition coefficient (Wildman–Crippen LogP) is 3.58. The van der Waals surface area contributed by atoms with Crippen LogP contribution in [0.5, 0.6) is 0 Å². The largest absolute Gasteiger partial charge is 0.382 e. The maximum atomic E-state index is 14.0. The Kier molecular flexibility index (Phi) is 7.86. The zero-order chi connectivity index (χ0) is 25.9. The number of para-hydroxylation sites is 1. The van der Waals surface area contributed by atoms with Crippen LogP contribution >= 0.6 is 11.3 Å². The van der Waals surface area contributed by atoms with Gasteiger partial charge in [0.05, 0.1) is 11.3 Å². The molecule has 1 fully saturated rings. The van der Waals surface area contributed by atoms with Gasteiger partial charge in [-0.25, -0.2) is 26.5 Å². The number of nitrogens with zero attached hydrogens (tertiary/aromatic N) is 3. The van der Waals surface area contributed by atoms with E-state index in [4.69, 9.17) is 5.73 Å². The normalized spacial score (nSPS) is 15.1. The van der Waals surface area contributed by atoms with Crippen molar-refractivity contribution in [3.8, 4) is 0 Å². The van der Waals surface area contributed by atoms with Crippen LogP contribution < -0.4 is 16.0 Å². The zero-order valence-electron chi connectivity index (χ0n) is 19.7. The summed E-state index contributed by atoms with van der Waals surface area (Å²) in [5.41, 5.74) is 6.15.